The van der Waals surface area contributed by atoms with E-state index < -0.39 is 0 Å². The zero-order valence-electron chi connectivity index (χ0n) is 11.4. The van der Waals surface area contributed by atoms with Gasteiger partial charge in [-0.15, -0.1) is 0 Å². The summed E-state index contributed by atoms with van der Waals surface area (Å²) in [6.45, 7) is 4.50. The molecule has 5 heteroatoms. The van der Waals surface area contributed by atoms with Gasteiger partial charge in [0.1, 0.15) is 11.9 Å². The minimum absolute atomic E-state index is 0.286. The topological polar surface area (TPSA) is 38.3 Å². The van der Waals surface area contributed by atoms with E-state index in [2.05, 4.69) is 21.2 Å². The lowest BCUT2D eigenvalue weighted by molar-refractivity contribution is -0.143. The van der Waals surface area contributed by atoms with Crippen LogP contribution >= 0.6 is 15.9 Å². The maximum atomic E-state index is 13.4. The number of hydrogen-bond acceptors (Lipinski definition) is 3. The number of esters is 1. The average Bonchev–Trinajstić information content (AvgIpc) is 2.37. The molecule has 1 aromatic rings. The summed E-state index contributed by atoms with van der Waals surface area (Å²) < 4.78 is 18.6. The van der Waals surface area contributed by atoms with Crippen molar-refractivity contribution in [1.29, 1.82) is 0 Å². The third-order valence-electron chi connectivity index (χ3n) is 2.73. The van der Waals surface area contributed by atoms with Crippen LogP contribution in [0.4, 0.5) is 4.39 Å². The molecule has 0 aliphatic rings. The zero-order chi connectivity index (χ0) is 14.4. The molecular weight excluding hydrogens is 313 g/mol. The predicted octanol–water partition coefficient (Wildman–Crippen LogP) is 3.27. The van der Waals surface area contributed by atoms with Gasteiger partial charge in [0.25, 0.3) is 0 Å². The lowest BCUT2D eigenvalue weighted by Crippen LogP contribution is -2.38. The van der Waals surface area contributed by atoms with E-state index in [9.17, 15) is 9.18 Å². The Hall–Kier alpha value is -0.940. The molecule has 0 saturated carbocycles. The molecule has 19 heavy (non-hydrogen) atoms. The number of benzene rings is 1. The summed E-state index contributed by atoms with van der Waals surface area (Å²) >= 11 is 3.11. The number of nitrogens with one attached hydrogen (secondary N) is 1. The van der Waals surface area contributed by atoms with Gasteiger partial charge in [-0.2, -0.15) is 0 Å². The van der Waals surface area contributed by atoms with Gasteiger partial charge >= 0.3 is 5.97 Å². The lowest BCUT2D eigenvalue weighted by Gasteiger charge is -2.18. The molecule has 0 aliphatic carbocycles. The number of hydrogen-bond donors (Lipinski definition) is 1. The van der Waals surface area contributed by atoms with Crippen molar-refractivity contribution in [3.8, 4) is 0 Å². The first-order valence-electron chi connectivity index (χ1n) is 6.19. The van der Waals surface area contributed by atoms with E-state index in [4.69, 9.17) is 4.74 Å². The van der Waals surface area contributed by atoms with Crippen LogP contribution in [-0.4, -0.2) is 19.1 Å². The first-order chi connectivity index (χ1) is 8.93. The third-order valence-corrected chi connectivity index (χ3v) is 3.37. The van der Waals surface area contributed by atoms with Crippen molar-refractivity contribution < 1.29 is 13.9 Å². The number of rotatable bonds is 6. The van der Waals surface area contributed by atoms with Crippen LogP contribution in [0, 0.1) is 11.7 Å². The highest BCUT2D eigenvalue weighted by molar-refractivity contribution is 9.10. The SMILES string of the molecule is COC(=O)C(CC(C)C)NCc1ccc(Br)c(F)c1. The predicted molar refractivity (Wildman–Crippen MR) is 76.2 cm³/mol. The molecule has 0 saturated heterocycles. The molecule has 1 N–H and O–H groups in total. The van der Waals surface area contributed by atoms with Crippen molar-refractivity contribution in [2.75, 3.05) is 7.11 Å². The fraction of sp³-hybridized carbons (Fsp3) is 0.500. The summed E-state index contributed by atoms with van der Waals surface area (Å²) in [5, 5.41) is 3.11. The van der Waals surface area contributed by atoms with Crippen LogP contribution < -0.4 is 5.32 Å². The Morgan fingerprint density at radius 3 is 2.68 bits per heavy atom. The third kappa shape index (κ3) is 5.28. The average molecular weight is 332 g/mol. The molecule has 0 heterocycles. The highest BCUT2D eigenvalue weighted by atomic mass is 79.9. The Labute approximate surface area is 121 Å². The first-order valence-corrected chi connectivity index (χ1v) is 6.98. The van der Waals surface area contributed by atoms with Crippen LogP contribution in [0.3, 0.4) is 0 Å². The normalized spacial score (nSPS) is 12.5. The standard InChI is InChI=1S/C14H19BrFNO2/c1-9(2)6-13(14(18)19-3)17-8-10-4-5-11(15)12(16)7-10/h4-5,7,9,13,17H,6,8H2,1-3H3. The first kappa shape index (κ1) is 16.1. The van der Waals surface area contributed by atoms with Crippen molar-refractivity contribution in [3.05, 3.63) is 34.1 Å². The maximum absolute atomic E-state index is 13.4. The second-order valence-corrected chi connectivity index (χ2v) is 5.69. The van der Waals surface area contributed by atoms with Crippen LogP contribution in [0.5, 0.6) is 0 Å². The van der Waals surface area contributed by atoms with Crippen LogP contribution in [0.25, 0.3) is 0 Å². The lowest BCUT2D eigenvalue weighted by atomic mass is 10.0. The fourth-order valence-electron chi connectivity index (χ4n) is 1.77. The van der Waals surface area contributed by atoms with Crippen LogP contribution in [0.15, 0.2) is 22.7 Å². The van der Waals surface area contributed by atoms with Crippen LogP contribution in [0.1, 0.15) is 25.8 Å². The molecule has 1 aromatic carbocycles. The maximum Gasteiger partial charge on any atom is 0.322 e. The van der Waals surface area contributed by atoms with Crippen molar-refractivity contribution >= 4 is 21.9 Å². The van der Waals surface area contributed by atoms with Crippen LogP contribution in [0.2, 0.25) is 0 Å². The number of halogens is 2. The number of ether oxygens (including phenoxy) is 1. The monoisotopic (exact) mass is 331 g/mol. The van der Waals surface area contributed by atoms with Crippen LogP contribution in [-0.2, 0) is 16.1 Å². The van der Waals surface area contributed by atoms with Crippen molar-refractivity contribution in [1.82, 2.24) is 5.32 Å². The molecule has 106 valence electrons. The summed E-state index contributed by atoms with van der Waals surface area (Å²) in [5.41, 5.74) is 0.790. The van der Waals surface area contributed by atoms with Gasteiger partial charge in [-0.05, 0) is 46.0 Å². The summed E-state index contributed by atoms with van der Waals surface area (Å²) in [4.78, 5) is 11.6. The van der Waals surface area contributed by atoms with E-state index >= 15 is 0 Å². The Morgan fingerprint density at radius 1 is 1.47 bits per heavy atom. The molecule has 0 aromatic heterocycles. The summed E-state index contributed by atoms with van der Waals surface area (Å²) in [7, 11) is 1.37. The second-order valence-electron chi connectivity index (χ2n) is 4.83. The summed E-state index contributed by atoms with van der Waals surface area (Å²) in [6, 6.07) is 4.55. The van der Waals surface area contributed by atoms with Gasteiger partial charge in [-0.3, -0.25) is 4.79 Å². The fourth-order valence-corrected chi connectivity index (χ4v) is 2.01. The molecular formula is C14H19BrFNO2. The van der Waals surface area contributed by atoms with E-state index in [-0.39, 0.29) is 17.8 Å². The highest BCUT2D eigenvalue weighted by Gasteiger charge is 2.19. The second kappa shape index (κ2) is 7.60. The van der Waals surface area contributed by atoms with Gasteiger partial charge in [0.05, 0.1) is 11.6 Å². The molecule has 0 bridgehead atoms. The minimum atomic E-state index is -0.364. The molecule has 0 amide bonds. The Bertz CT molecular complexity index is 437. The molecule has 0 fully saturated rings. The molecule has 1 atom stereocenters. The number of carbonyl (C=O) groups is 1. The van der Waals surface area contributed by atoms with Gasteiger partial charge in [0, 0.05) is 6.54 Å². The van der Waals surface area contributed by atoms with Crippen molar-refractivity contribution in [2.45, 2.75) is 32.9 Å². The molecule has 1 rings (SSSR count). The molecule has 0 radical (unpaired) electrons. The summed E-state index contributed by atoms with van der Waals surface area (Å²) in [5.74, 6) is -0.220. The van der Waals surface area contributed by atoms with Gasteiger partial charge in [-0.25, -0.2) is 4.39 Å². The summed E-state index contributed by atoms with van der Waals surface area (Å²) in [6.07, 6.45) is 0.686. The van der Waals surface area contributed by atoms with Crippen molar-refractivity contribution in [3.63, 3.8) is 0 Å². The van der Waals surface area contributed by atoms with E-state index in [1.54, 1.807) is 6.07 Å². The highest BCUT2D eigenvalue weighted by Crippen LogP contribution is 2.16. The minimum Gasteiger partial charge on any atom is -0.468 e. The number of carbonyl (C=O) groups excluding carboxylic acids is 1. The van der Waals surface area contributed by atoms with Gasteiger partial charge in [-0.1, -0.05) is 19.9 Å². The zero-order valence-corrected chi connectivity index (χ0v) is 13.0. The van der Waals surface area contributed by atoms with Gasteiger partial charge in [0.2, 0.25) is 0 Å². The smallest absolute Gasteiger partial charge is 0.322 e. The quantitative estimate of drug-likeness (QED) is 0.813. The van der Waals surface area contributed by atoms with Crippen molar-refractivity contribution in [2.24, 2.45) is 5.92 Å². The van der Waals surface area contributed by atoms with E-state index in [1.807, 2.05) is 19.9 Å². The molecule has 0 spiro atoms. The Balaban J connectivity index is 2.64. The largest absolute Gasteiger partial charge is 0.468 e. The van der Waals surface area contributed by atoms with E-state index in [0.29, 0.717) is 23.4 Å². The Kier molecular flexibility index (Phi) is 6.45. The molecule has 0 aliphatic heterocycles. The Morgan fingerprint density at radius 2 is 2.16 bits per heavy atom. The van der Waals surface area contributed by atoms with Gasteiger partial charge < -0.3 is 10.1 Å². The van der Waals surface area contributed by atoms with Gasteiger partial charge in [0.15, 0.2) is 0 Å². The molecule has 1 unspecified atom stereocenters. The molecule has 3 nitrogen and oxygen atoms in total. The van der Waals surface area contributed by atoms with E-state index in [1.165, 1.54) is 13.2 Å². The van der Waals surface area contributed by atoms with E-state index in [0.717, 1.165) is 5.56 Å². The number of methoxy groups -OCH3 is 1.